The molecule has 1 atom stereocenters. The number of hydrogen-bond donors (Lipinski definition) is 3. The summed E-state index contributed by atoms with van der Waals surface area (Å²) >= 11 is 1.18. The molecule has 0 radical (unpaired) electrons. The first-order chi connectivity index (χ1) is 13.6. The Hall–Kier alpha value is -1.12. The summed E-state index contributed by atoms with van der Waals surface area (Å²) in [7, 11) is -3.48. The second-order valence-corrected chi connectivity index (χ2v) is 10.6. The molecule has 0 aliphatic carbocycles. The van der Waals surface area contributed by atoms with Crippen LogP contribution in [0.15, 0.2) is 26.7 Å². The topological polar surface area (TPSA) is 112 Å². The normalized spacial score (nSPS) is 17.4. The van der Waals surface area contributed by atoms with Crippen molar-refractivity contribution in [3.8, 4) is 0 Å². The smallest absolute Gasteiger partial charge is 0.407 e. The van der Waals surface area contributed by atoms with Gasteiger partial charge in [0, 0.05) is 26.2 Å². The molecule has 1 aliphatic heterocycles. The number of nitrogens with one attached hydrogen (secondary N) is 3. The highest BCUT2D eigenvalue weighted by Crippen LogP contribution is 2.15. The van der Waals surface area contributed by atoms with Crippen LogP contribution in [0.5, 0.6) is 0 Å². The van der Waals surface area contributed by atoms with Gasteiger partial charge >= 0.3 is 6.09 Å². The van der Waals surface area contributed by atoms with Crippen molar-refractivity contribution < 1.29 is 17.9 Å². The minimum Gasteiger partial charge on any atom is -0.444 e. The first-order valence-electron chi connectivity index (χ1n) is 9.66. The number of hydrogen-bond acceptors (Lipinski definition) is 6. The second-order valence-electron chi connectivity index (χ2n) is 7.64. The van der Waals surface area contributed by atoms with Gasteiger partial charge in [0.25, 0.3) is 0 Å². The van der Waals surface area contributed by atoms with Crippen molar-refractivity contribution in [3.63, 3.8) is 0 Å². The summed E-state index contributed by atoms with van der Waals surface area (Å²) in [6.45, 7) is 10.0. The van der Waals surface area contributed by atoms with Crippen LogP contribution < -0.4 is 15.4 Å². The Bertz CT molecular complexity index is 794. The van der Waals surface area contributed by atoms with E-state index >= 15 is 0 Å². The fourth-order valence-corrected chi connectivity index (χ4v) is 4.86. The quantitative estimate of drug-likeness (QED) is 0.200. The molecule has 1 aromatic rings. The molecule has 0 spiro atoms. The number of rotatable bonds is 7. The lowest BCUT2D eigenvalue weighted by Gasteiger charge is -2.23. The third-order valence-corrected chi connectivity index (χ3v) is 6.83. The van der Waals surface area contributed by atoms with E-state index in [1.54, 1.807) is 17.5 Å². The van der Waals surface area contributed by atoms with Gasteiger partial charge in [-0.25, -0.2) is 17.9 Å². The third kappa shape index (κ3) is 8.94. The van der Waals surface area contributed by atoms with E-state index in [0.29, 0.717) is 29.8 Å². The Morgan fingerprint density at radius 3 is 2.73 bits per heavy atom. The average Bonchev–Trinajstić information content (AvgIpc) is 3.28. The number of alkyl carbamates (subject to hydrolysis) is 1. The lowest BCUT2D eigenvalue weighted by Crippen LogP contribution is -2.44. The molecule has 9 nitrogen and oxygen atoms in total. The van der Waals surface area contributed by atoms with Crippen LogP contribution in [0.3, 0.4) is 0 Å². The molecule has 3 N–H and O–H groups in total. The Labute approximate surface area is 200 Å². The average molecular weight is 574 g/mol. The van der Waals surface area contributed by atoms with Gasteiger partial charge in [-0.05, 0) is 45.6 Å². The summed E-state index contributed by atoms with van der Waals surface area (Å²) in [5.41, 5.74) is -0.533. The van der Waals surface area contributed by atoms with Crippen molar-refractivity contribution in [1.29, 1.82) is 0 Å². The molecule has 1 saturated heterocycles. The number of likely N-dealkylation sites (tertiary alicyclic amines) is 1. The predicted octanol–water partition coefficient (Wildman–Crippen LogP) is 2.21. The molecule has 1 fully saturated rings. The largest absolute Gasteiger partial charge is 0.444 e. The van der Waals surface area contributed by atoms with Crippen LogP contribution in [0.1, 0.15) is 34.1 Å². The van der Waals surface area contributed by atoms with E-state index in [4.69, 9.17) is 4.74 Å². The summed E-state index contributed by atoms with van der Waals surface area (Å²) in [5.74, 6) is 0.705. The predicted molar refractivity (Wildman–Crippen MR) is 130 cm³/mol. The molecule has 0 aromatic carbocycles. The zero-order valence-electron chi connectivity index (χ0n) is 17.8. The maximum absolute atomic E-state index is 12.1. The van der Waals surface area contributed by atoms with Gasteiger partial charge < -0.3 is 20.3 Å². The lowest BCUT2D eigenvalue weighted by molar-refractivity contribution is 0.0507. The van der Waals surface area contributed by atoms with E-state index in [-0.39, 0.29) is 36.6 Å². The maximum atomic E-state index is 12.1. The lowest BCUT2D eigenvalue weighted by atomic mass is 10.2. The number of sulfonamides is 1. The van der Waals surface area contributed by atoms with E-state index in [1.807, 2.05) is 27.7 Å². The number of thiophene rings is 1. The van der Waals surface area contributed by atoms with Crippen molar-refractivity contribution in [1.82, 2.24) is 20.3 Å². The number of carbonyl (C=O) groups is 1. The van der Waals surface area contributed by atoms with Gasteiger partial charge in [0.05, 0.1) is 12.6 Å². The molecular formula is C18H32IN5O4S2. The van der Waals surface area contributed by atoms with Crippen LogP contribution in [-0.2, 0) is 14.8 Å². The van der Waals surface area contributed by atoms with E-state index in [0.717, 1.165) is 13.0 Å². The second kappa shape index (κ2) is 12.1. The van der Waals surface area contributed by atoms with Gasteiger partial charge in [-0.15, -0.1) is 35.3 Å². The first kappa shape index (κ1) is 26.9. The van der Waals surface area contributed by atoms with E-state index in [1.165, 1.54) is 11.3 Å². The molecule has 2 rings (SSSR count). The summed E-state index contributed by atoms with van der Waals surface area (Å²) in [5, 5.41) is 7.83. The van der Waals surface area contributed by atoms with Crippen molar-refractivity contribution in [3.05, 3.63) is 17.5 Å². The Balaban J connectivity index is 0.00000450. The molecule has 0 bridgehead atoms. The standard InChI is InChI=1S/C18H31N5O4S2.HI/c1-5-19-16(20-9-10-21-29(25,26)15-7-6-12-28-15)23-11-8-14(13-23)22-17(24)27-18(2,3)4;/h6-7,12,14,21H,5,8-11,13H2,1-4H3,(H,19,20)(H,22,24);1H. The number of guanidine groups is 1. The van der Waals surface area contributed by atoms with Crippen LogP contribution >= 0.6 is 35.3 Å². The molecule has 0 saturated carbocycles. The highest BCUT2D eigenvalue weighted by atomic mass is 127. The number of nitrogens with zero attached hydrogens (tertiary/aromatic N) is 2. The third-order valence-electron chi connectivity index (χ3n) is 3.97. The SMILES string of the molecule is CCNC(=NCCNS(=O)(=O)c1cccs1)N1CCC(NC(=O)OC(C)(C)C)C1.I. The first-order valence-corrected chi connectivity index (χ1v) is 12.0. The van der Waals surface area contributed by atoms with E-state index < -0.39 is 21.7 Å². The van der Waals surface area contributed by atoms with E-state index in [9.17, 15) is 13.2 Å². The van der Waals surface area contributed by atoms with Crippen LogP contribution in [0, 0.1) is 0 Å². The monoisotopic (exact) mass is 573 g/mol. The van der Waals surface area contributed by atoms with Crippen LogP contribution in [0.4, 0.5) is 4.79 Å². The van der Waals surface area contributed by atoms with Gasteiger partial charge in [0.1, 0.15) is 9.81 Å². The van der Waals surface area contributed by atoms with Gasteiger partial charge in [-0.3, -0.25) is 4.99 Å². The highest BCUT2D eigenvalue weighted by molar-refractivity contribution is 14.0. The molecule has 12 heteroatoms. The minimum atomic E-state index is -3.48. The molecule has 1 aromatic heterocycles. The molecule has 172 valence electrons. The van der Waals surface area contributed by atoms with Crippen LogP contribution in [-0.4, -0.2) is 69.7 Å². The number of aliphatic imine (C=N–C) groups is 1. The minimum absolute atomic E-state index is 0. The van der Waals surface area contributed by atoms with Gasteiger partial charge in [-0.1, -0.05) is 6.07 Å². The number of carbonyl (C=O) groups excluding carboxylic acids is 1. The van der Waals surface area contributed by atoms with Gasteiger partial charge in [0.15, 0.2) is 5.96 Å². The van der Waals surface area contributed by atoms with Crippen molar-refractivity contribution >= 4 is 57.4 Å². The fraction of sp³-hybridized carbons (Fsp3) is 0.667. The number of ether oxygens (including phenoxy) is 1. The number of halogens is 1. The molecule has 1 unspecified atom stereocenters. The molecular weight excluding hydrogens is 541 g/mol. The molecule has 1 aliphatic rings. The number of amides is 1. The van der Waals surface area contributed by atoms with Crippen molar-refractivity contribution in [2.75, 3.05) is 32.7 Å². The molecule has 2 heterocycles. The molecule has 30 heavy (non-hydrogen) atoms. The summed E-state index contributed by atoms with van der Waals surface area (Å²) < 4.78 is 32.4. The molecule has 1 amide bonds. The summed E-state index contributed by atoms with van der Waals surface area (Å²) in [6, 6.07) is 3.25. The Morgan fingerprint density at radius 2 is 2.13 bits per heavy atom. The fourth-order valence-electron chi connectivity index (χ4n) is 2.80. The summed E-state index contributed by atoms with van der Waals surface area (Å²) in [4.78, 5) is 18.5. The van der Waals surface area contributed by atoms with Crippen molar-refractivity contribution in [2.24, 2.45) is 4.99 Å². The van der Waals surface area contributed by atoms with Crippen LogP contribution in [0.25, 0.3) is 0 Å². The van der Waals surface area contributed by atoms with Gasteiger partial charge in [0.2, 0.25) is 10.0 Å². The summed E-state index contributed by atoms with van der Waals surface area (Å²) in [6.07, 6.45) is 0.364. The van der Waals surface area contributed by atoms with Gasteiger partial charge in [-0.2, -0.15) is 0 Å². The van der Waals surface area contributed by atoms with E-state index in [2.05, 4.69) is 25.2 Å². The maximum Gasteiger partial charge on any atom is 0.407 e. The Morgan fingerprint density at radius 1 is 1.40 bits per heavy atom. The zero-order valence-corrected chi connectivity index (χ0v) is 21.8. The highest BCUT2D eigenvalue weighted by Gasteiger charge is 2.27. The van der Waals surface area contributed by atoms with Crippen molar-refractivity contribution in [2.45, 2.75) is 50.0 Å². The van der Waals surface area contributed by atoms with Crippen LogP contribution in [0.2, 0.25) is 0 Å². The zero-order chi connectivity index (χ0) is 21.5. The Kier molecular flexibility index (Phi) is 10.8.